The third-order valence-electron chi connectivity index (χ3n) is 2.10. The summed E-state index contributed by atoms with van der Waals surface area (Å²) in [6.45, 7) is 0. The molecule has 7 heteroatoms. The van der Waals surface area contributed by atoms with Crippen molar-refractivity contribution in [1.29, 1.82) is 0 Å². The van der Waals surface area contributed by atoms with Gasteiger partial charge in [0.25, 0.3) is 0 Å². The zero-order chi connectivity index (χ0) is 10.8. The lowest BCUT2D eigenvalue weighted by Gasteiger charge is -2.08. The summed E-state index contributed by atoms with van der Waals surface area (Å²) in [5, 5.41) is 2.76. The van der Waals surface area contributed by atoms with E-state index in [-0.39, 0.29) is 17.1 Å². The first-order valence-electron chi connectivity index (χ1n) is 4.50. The van der Waals surface area contributed by atoms with E-state index < -0.39 is 0 Å². The number of rotatable bonds is 3. The van der Waals surface area contributed by atoms with Crippen LogP contribution in [0.15, 0.2) is 6.20 Å². The molecule has 2 rings (SSSR count). The third kappa shape index (κ3) is 2.34. The second kappa shape index (κ2) is 4.00. The Balaban J connectivity index is 2.15. The number of hydrazine groups is 1. The predicted molar refractivity (Wildman–Crippen MR) is 56.2 cm³/mol. The second-order valence-corrected chi connectivity index (χ2v) is 3.65. The predicted octanol–water partition coefficient (Wildman–Crippen LogP) is 0.764. The summed E-state index contributed by atoms with van der Waals surface area (Å²) in [7, 11) is 0. The maximum Gasteiger partial charge on any atom is 0.227 e. The first-order chi connectivity index (χ1) is 7.20. The molecule has 4 N–H and O–H groups in total. The molecule has 1 amide bonds. The van der Waals surface area contributed by atoms with E-state index in [1.54, 1.807) is 0 Å². The average molecular weight is 228 g/mol. The minimum absolute atomic E-state index is 0.0302. The van der Waals surface area contributed by atoms with Crippen LogP contribution >= 0.6 is 11.6 Å². The van der Waals surface area contributed by atoms with Crippen LogP contribution in [0.4, 0.5) is 11.5 Å². The lowest BCUT2D eigenvalue weighted by Crippen LogP contribution is -2.18. The molecular formula is C8H10ClN5O. The van der Waals surface area contributed by atoms with Gasteiger partial charge in [-0.2, -0.15) is 4.98 Å². The van der Waals surface area contributed by atoms with Gasteiger partial charge in [-0.05, 0) is 24.4 Å². The van der Waals surface area contributed by atoms with Crippen LogP contribution in [-0.4, -0.2) is 15.9 Å². The van der Waals surface area contributed by atoms with Crippen LogP contribution in [0.5, 0.6) is 0 Å². The van der Waals surface area contributed by atoms with Crippen LogP contribution in [0, 0.1) is 5.92 Å². The van der Waals surface area contributed by atoms with Crippen LogP contribution in [0.1, 0.15) is 12.8 Å². The summed E-state index contributed by atoms with van der Waals surface area (Å²) in [6, 6.07) is 0. The van der Waals surface area contributed by atoms with Gasteiger partial charge in [-0.15, -0.1) is 0 Å². The minimum Gasteiger partial charge on any atom is -0.321 e. The Kier molecular flexibility index (Phi) is 2.70. The highest BCUT2D eigenvalue weighted by Crippen LogP contribution is 2.31. The van der Waals surface area contributed by atoms with Gasteiger partial charge in [-0.1, -0.05) is 0 Å². The number of nitrogens with one attached hydrogen (secondary N) is 2. The number of amides is 1. The Bertz CT molecular complexity index is 393. The number of nitrogen functional groups attached to an aromatic ring is 1. The van der Waals surface area contributed by atoms with Gasteiger partial charge in [-0.25, -0.2) is 10.8 Å². The SMILES string of the molecule is NNc1nc(Cl)ncc1NC(=O)C1CC1. The quantitative estimate of drug-likeness (QED) is 0.403. The summed E-state index contributed by atoms with van der Waals surface area (Å²) < 4.78 is 0. The molecule has 1 aliphatic carbocycles. The largest absolute Gasteiger partial charge is 0.321 e. The maximum atomic E-state index is 11.5. The van der Waals surface area contributed by atoms with Gasteiger partial charge in [0.2, 0.25) is 11.2 Å². The molecule has 1 aromatic rings. The number of carbonyl (C=O) groups is 1. The normalized spacial score (nSPS) is 14.8. The van der Waals surface area contributed by atoms with Crippen molar-refractivity contribution in [1.82, 2.24) is 9.97 Å². The summed E-state index contributed by atoms with van der Waals surface area (Å²) in [6.07, 6.45) is 3.29. The first kappa shape index (κ1) is 10.1. The molecule has 80 valence electrons. The molecule has 1 aliphatic rings. The Morgan fingerprint density at radius 2 is 2.33 bits per heavy atom. The van der Waals surface area contributed by atoms with Gasteiger partial charge in [-0.3, -0.25) is 4.79 Å². The third-order valence-corrected chi connectivity index (χ3v) is 2.28. The Labute approximate surface area is 91.2 Å². The van der Waals surface area contributed by atoms with E-state index in [9.17, 15) is 4.79 Å². The molecule has 1 aromatic heterocycles. The van der Waals surface area contributed by atoms with Crippen LogP contribution in [-0.2, 0) is 4.79 Å². The van der Waals surface area contributed by atoms with E-state index in [4.69, 9.17) is 17.4 Å². The Morgan fingerprint density at radius 1 is 1.60 bits per heavy atom. The maximum absolute atomic E-state index is 11.5. The number of halogens is 1. The second-order valence-electron chi connectivity index (χ2n) is 3.31. The van der Waals surface area contributed by atoms with Crippen LogP contribution in [0.2, 0.25) is 5.28 Å². The number of hydrogen-bond acceptors (Lipinski definition) is 5. The minimum atomic E-state index is -0.0302. The van der Waals surface area contributed by atoms with Crippen molar-refractivity contribution in [2.45, 2.75) is 12.8 Å². The zero-order valence-corrected chi connectivity index (χ0v) is 8.58. The summed E-state index contributed by atoms with van der Waals surface area (Å²) >= 11 is 5.58. The smallest absolute Gasteiger partial charge is 0.227 e. The Hall–Kier alpha value is -1.40. The van der Waals surface area contributed by atoms with Crippen LogP contribution in [0.3, 0.4) is 0 Å². The van der Waals surface area contributed by atoms with Gasteiger partial charge in [0.05, 0.1) is 6.20 Å². The van der Waals surface area contributed by atoms with Gasteiger partial charge in [0, 0.05) is 5.92 Å². The van der Waals surface area contributed by atoms with Gasteiger partial charge in [0.1, 0.15) is 5.69 Å². The molecule has 0 aliphatic heterocycles. The van der Waals surface area contributed by atoms with Crippen LogP contribution < -0.4 is 16.6 Å². The molecule has 0 unspecified atom stereocenters. The molecular weight excluding hydrogens is 218 g/mol. The summed E-state index contributed by atoms with van der Waals surface area (Å²) in [4.78, 5) is 19.1. The lowest BCUT2D eigenvalue weighted by molar-refractivity contribution is -0.117. The van der Waals surface area contributed by atoms with E-state index in [0.29, 0.717) is 11.5 Å². The number of nitrogens with zero attached hydrogens (tertiary/aromatic N) is 2. The molecule has 1 fully saturated rings. The monoisotopic (exact) mass is 227 g/mol. The number of carbonyl (C=O) groups excluding carboxylic acids is 1. The Morgan fingerprint density at radius 3 is 2.93 bits per heavy atom. The molecule has 0 atom stereocenters. The molecule has 0 bridgehead atoms. The zero-order valence-electron chi connectivity index (χ0n) is 7.83. The molecule has 1 saturated carbocycles. The van der Waals surface area contributed by atoms with E-state index in [2.05, 4.69) is 20.7 Å². The van der Waals surface area contributed by atoms with Crippen molar-refractivity contribution < 1.29 is 4.79 Å². The number of aromatic nitrogens is 2. The van der Waals surface area contributed by atoms with Crippen LogP contribution in [0.25, 0.3) is 0 Å². The highest BCUT2D eigenvalue weighted by Gasteiger charge is 2.30. The fraction of sp³-hybridized carbons (Fsp3) is 0.375. The fourth-order valence-corrected chi connectivity index (χ4v) is 1.28. The van der Waals surface area contributed by atoms with Crippen molar-refractivity contribution in [2.75, 3.05) is 10.7 Å². The lowest BCUT2D eigenvalue weighted by atomic mass is 10.3. The molecule has 0 radical (unpaired) electrons. The summed E-state index contributed by atoms with van der Waals surface area (Å²) in [5.41, 5.74) is 2.79. The number of hydrogen-bond donors (Lipinski definition) is 3. The standard InChI is InChI=1S/C8H10ClN5O/c9-8-11-3-5(6(13-8)14-10)12-7(15)4-1-2-4/h3-4H,1-2,10H2,(H,12,15)(H,11,13,14). The van der Waals surface area contributed by atoms with Gasteiger partial charge < -0.3 is 10.7 Å². The van der Waals surface area contributed by atoms with Crippen molar-refractivity contribution in [2.24, 2.45) is 11.8 Å². The van der Waals surface area contributed by atoms with Crippen molar-refractivity contribution in [3.63, 3.8) is 0 Å². The van der Waals surface area contributed by atoms with Gasteiger partial charge >= 0.3 is 0 Å². The molecule has 15 heavy (non-hydrogen) atoms. The fourth-order valence-electron chi connectivity index (χ4n) is 1.14. The molecule has 0 saturated heterocycles. The molecule has 0 spiro atoms. The average Bonchev–Trinajstić information content (AvgIpc) is 3.04. The highest BCUT2D eigenvalue weighted by molar-refractivity contribution is 6.28. The summed E-state index contributed by atoms with van der Waals surface area (Å²) in [5.74, 6) is 5.63. The topological polar surface area (TPSA) is 92.9 Å². The van der Waals surface area contributed by atoms with Crippen molar-refractivity contribution in [3.05, 3.63) is 11.5 Å². The van der Waals surface area contributed by atoms with E-state index in [1.165, 1.54) is 6.20 Å². The highest BCUT2D eigenvalue weighted by atomic mass is 35.5. The molecule has 0 aromatic carbocycles. The van der Waals surface area contributed by atoms with E-state index >= 15 is 0 Å². The number of nitrogens with two attached hydrogens (primary N) is 1. The van der Waals surface area contributed by atoms with E-state index in [0.717, 1.165) is 12.8 Å². The molecule has 6 nitrogen and oxygen atoms in total. The first-order valence-corrected chi connectivity index (χ1v) is 4.88. The van der Waals surface area contributed by atoms with Crippen molar-refractivity contribution in [3.8, 4) is 0 Å². The molecule has 1 heterocycles. The number of anilines is 2. The van der Waals surface area contributed by atoms with Gasteiger partial charge in [0.15, 0.2) is 5.82 Å². The van der Waals surface area contributed by atoms with Crippen molar-refractivity contribution >= 4 is 29.0 Å². The van der Waals surface area contributed by atoms with E-state index in [1.807, 2.05) is 0 Å².